The molecule has 2 amide bonds. The highest BCUT2D eigenvalue weighted by molar-refractivity contribution is 8.00. The van der Waals surface area contributed by atoms with Crippen LogP contribution in [0.25, 0.3) is 11.3 Å². The molecule has 1 atom stereocenters. The van der Waals surface area contributed by atoms with E-state index in [0.717, 1.165) is 21.7 Å². The van der Waals surface area contributed by atoms with Crippen molar-refractivity contribution >= 4 is 63.3 Å². The van der Waals surface area contributed by atoms with Gasteiger partial charge in [0.25, 0.3) is 5.91 Å². The van der Waals surface area contributed by atoms with Gasteiger partial charge in [-0.05, 0) is 54.1 Å². The zero-order chi connectivity index (χ0) is 28.8. The summed E-state index contributed by atoms with van der Waals surface area (Å²) in [7, 11) is 0. The SMILES string of the molecule is O=C(O)c1ccccc1C(=O)Nc1ccc(SC(C(=O)Nc2nc(-c3ccc(Cl)cc3)cs2)c2ccccc2)cc1. The van der Waals surface area contributed by atoms with Gasteiger partial charge in [-0.15, -0.1) is 23.1 Å². The summed E-state index contributed by atoms with van der Waals surface area (Å²) < 4.78 is 0. The Balaban J connectivity index is 1.30. The predicted molar refractivity (Wildman–Crippen MR) is 164 cm³/mol. The van der Waals surface area contributed by atoms with Gasteiger partial charge in [-0.1, -0.05) is 66.2 Å². The standard InChI is InChI=1S/C31H22ClN3O4S2/c32-21-12-10-19(11-13-21)26-18-40-31(34-26)35-29(37)27(20-6-2-1-3-7-20)41-23-16-14-22(15-17-23)33-28(36)24-8-4-5-9-25(24)30(38)39/h1-18,27H,(H,33,36)(H,38,39)(H,34,35,37). The number of thiazole rings is 1. The van der Waals surface area contributed by atoms with Crippen LogP contribution in [0.4, 0.5) is 10.8 Å². The van der Waals surface area contributed by atoms with Gasteiger partial charge < -0.3 is 15.7 Å². The molecular weight excluding hydrogens is 578 g/mol. The highest BCUT2D eigenvalue weighted by Crippen LogP contribution is 2.37. The minimum Gasteiger partial charge on any atom is -0.478 e. The van der Waals surface area contributed by atoms with Crippen LogP contribution in [0, 0.1) is 0 Å². The summed E-state index contributed by atoms with van der Waals surface area (Å²) in [6, 6.07) is 29.8. The van der Waals surface area contributed by atoms with Crippen LogP contribution >= 0.6 is 34.7 Å². The van der Waals surface area contributed by atoms with E-state index < -0.39 is 17.1 Å². The lowest BCUT2D eigenvalue weighted by Crippen LogP contribution is -2.19. The van der Waals surface area contributed by atoms with Crippen LogP contribution in [0.15, 0.2) is 113 Å². The van der Waals surface area contributed by atoms with Crippen molar-refractivity contribution in [2.75, 3.05) is 10.6 Å². The molecule has 1 aromatic heterocycles. The molecule has 0 aliphatic heterocycles. The van der Waals surface area contributed by atoms with E-state index in [9.17, 15) is 19.5 Å². The monoisotopic (exact) mass is 599 g/mol. The van der Waals surface area contributed by atoms with Crippen molar-refractivity contribution in [2.24, 2.45) is 0 Å². The largest absolute Gasteiger partial charge is 0.478 e. The molecule has 3 N–H and O–H groups in total. The van der Waals surface area contributed by atoms with E-state index in [1.54, 1.807) is 48.5 Å². The van der Waals surface area contributed by atoms with Crippen LogP contribution in [0.2, 0.25) is 5.02 Å². The summed E-state index contributed by atoms with van der Waals surface area (Å²) in [5, 5.41) is 17.5. The molecule has 0 aliphatic carbocycles. The van der Waals surface area contributed by atoms with Crippen molar-refractivity contribution < 1.29 is 19.5 Å². The first-order valence-electron chi connectivity index (χ1n) is 12.3. The van der Waals surface area contributed by atoms with Crippen molar-refractivity contribution in [2.45, 2.75) is 10.1 Å². The molecule has 0 bridgehead atoms. The Hall–Kier alpha value is -4.44. The zero-order valence-corrected chi connectivity index (χ0v) is 23.7. The van der Waals surface area contributed by atoms with Crippen LogP contribution < -0.4 is 10.6 Å². The second-order valence-corrected chi connectivity index (χ2v) is 11.2. The molecular formula is C31H22ClN3O4S2. The smallest absolute Gasteiger partial charge is 0.336 e. The number of rotatable bonds is 9. The third-order valence-corrected chi connectivity index (χ3v) is 8.26. The minimum atomic E-state index is -1.17. The first-order valence-corrected chi connectivity index (χ1v) is 14.5. The van der Waals surface area contributed by atoms with Gasteiger partial charge in [-0.25, -0.2) is 9.78 Å². The quantitative estimate of drug-likeness (QED) is 0.149. The molecule has 1 unspecified atom stereocenters. The fraction of sp³-hybridized carbons (Fsp3) is 0.0323. The van der Waals surface area contributed by atoms with E-state index in [1.807, 2.05) is 47.8 Å². The molecule has 5 rings (SSSR count). The number of halogens is 1. The molecule has 7 nitrogen and oxygen atoms in total. The van der Waals surface area contributed by atoms with E-state index in [2.05, 4.69) is 15.6 Å². The predicted octanol–water partition coefficient (Wildman–Crippen LogP) is 7.89. The van der Waals surface area contributed by atoms with Crippen LogP contribution in [0.5, 0.6) is 0 Å². The minimum absolute atomic E-state index is 0.0701. The highest BCUT2D eigenvalue weighted by atomic mass is 35.5. The van der Waals surface area contributed by atoms with Gasteiger partial charge in [0.05, 0.1) is 16.8 Å². The summed E-state index contributed by atoms with van der Waals surface area (Å²) in [5.74, 6) is -1.92. The third-order valence-electron chi connectivity index (χ3n) is 5.98. The maximum absolute atomic E-state index is 13.5. The third kappa shape index (κ3) is 7.01. The van der Waals surface area contributed by atoms with Gasteiger partial charge in [0.15, 0.2) is 5.13 Å². The Morgan fingerprint density at radius 1 is 0.805 bits per heavy atom. The van der Waals surface area contributed by atoms with Gasteiger partial charge in [0, 0.05) is 26.5 Å². The molecule has 1 heterocycles. The number of anilines is 2. The number of hydrogen-bond donors (Lipinski definition) is 3. The number of carbonyl (C=O) groups is 3. The Morgan fingerprint density at radius 2 is 1.46 bits per heavy atom. The number of nitrogens with zero attached hydrogens (tertiary/aromatic N) is 1. The molecule has 10 heteroatoms. The topological polar surface area (TPSA) is 108 Å². The highest BCUT2D eigenvalue weighted by Gasteiger charge is 2.23. The molecule has 0 saturated carbocycles. The lowest BCUT2D eigenvalue weighted by molar-refractivity contribution is -0.115. The first-order chi connectivity index (χ1) is 19.9. The van der Waals surface area contributed by atoms with Crippen molar-refractivity contribution in [1.29, 1.82) is 0 Å². The fourth-order valence-electron chi connectivity index (χ4n) is 3.98. The number of carbonyl (C=O) groups excluding carboxylic acids is 2. The number of aromatic carboxylic acids is 1. The molecule has 204 valence electrons. The zero-order valence-electron chi connectivity index (χ0n) is 21.3. The molecule has 0 aliphatic rings. The Morgan fingerprint density at radius 3 is 2.15 bits per heavy atom. The average Bonchev–Trinajstić information content (AvgIpc) is 3.45. The number of benzene rings is 4. The maximum Gasteiger partial charge on any atom is 0.336 e. The van der Waals surface area contributed by atoms with E-state index in [-0.39, 0.29) is 17.0 Å². The number of aromatic nitrogens is 1. The fourth-order valence-corrected chi connectivity index (χ4v) is 5.85. The van der Waals surface area contributed by atoms with Crippen molar-refractivity contribution in [3.63, 3.8) is 0 Å². The van der Waals surface area contributed by atoms with E-state index >= 15 is 0 Å². The van der Waals surface area contributed by atoms with Gasteiger partial charge in [0.2, 0.25) is 5.91 Å². The Kier molecular flexibility index (Phi) is 8.79. The van der Waals surface area contributed by atoms with Crippen LogP contribution in [-0.4, -0.2) is 27.9 Å². The number of hydrogen-bond acceptors (Lipinski definition) is 6. The first kappa shape index (κ1) is 28.1. The van der Waals surface area contributed by atoms with Crippen molar-refractivity contribution in [3.05, 3.63) is 130 Å². The molecule has 4 aromatic carbocycles. The summed E-state index contributed by atoms with van der Waals surface area (Å²) in [6.45, 7) is 0. The number of carboxylic acids is 1. The molecule has 5 aromatic rings. The van der Waals surface area contributed by atoms with Crippen LogP contribution in [-0.2, 0) is 4.79 Å². The van der Waals surface area contributed by atoms with Gasteiger partial charge >= 0.3 is 5.97 Å². The molecule has 0 fully saturated rings. The second-order valence-electron chi connectivity index (χ2n) is 8.77. The van der Waals surface area contributed by atoms with Gasteiger partial charge in [-0.3, -0.25) is 9.59 Å². The Labute approximate surface area is 249 Å². The van der Waals surface area contributed by atoms with Crippen LogP contribution in [0.1, 0.15) is 31.5 Å². The molecule has 0 radical (unpaired) electrons. The number of nitrogens with one attached hydrogen (secondary N) is 2. The Bertz CT molecular complexity index is 1690. The maximum atomic E-state index is 13.5. The van der Waals surface area contributed by atoms with Crippen molar-refractivity contribution in [1.82, 2.24) is 4.98 Å². The summed E-state index contributed by atoms with van der Waals surface area (Å²) >= 11 is 8.70. The van der Waals surface area contributed by atoms with Crippen molar-refractivity contribution in [3.8, 4) is 11.3 Å². The van der Waals surface area contributed by atoms with Crippen LogP contribution in [0.3, 0.4) is 0 Å². The van der Waals surface area contributed by atoms with E-state index in [0.29, 0.717) is 15.8 Å². The molecule has 41 heavy (non-hydrogen) atoms. The van der Waals surface area contributed by atoms with Gasteiger partial charge in [-0.2, -0.15) is 0 Å². The average molecular weight is 600 g/mol. The van der Waals surface area contributed by atoms with E-state index in [1.165, 1.54) is 35.2 Å². The summed E-state index contributed by atoms with van der Waals surface area (Å²) in [4.78, 5) is 43.0. The second kappa shape index (κ2) is 12.8. The normalized spacial score (nSPS) is 11.4. The summed E-state index contributed by atoms with van der Waals surface area (Å²) in [5.41, 5.74) is 2.97. The summed E-state index contributed by atoms with van der Waals surface area (Å²) in [6.07, 6.45) is 0. The molecule has 0 saturated heterocycles. The van der Waals surface area contributed by atoms with E-state index in [4.69, 9.17) is 11.6 Å². The van der Waals surface area contributed by atoms with Gasteiger partial charge in [0.1, 0.15) is 5.25 Å². The number of thioether (sulfide) groups is 1. The number of amides is 2. The lowest BCUT2D eigenvalue weighted by atomic mass is 10.1. The number of carboxylic acid groups (broad SMARTS) is 1. The lowest BCUT2D eigenvalue weighted by Gasteiger charge is -2.16. The molecule has 0 spiro atoms.